The summed E-state index contributed by atoms with van der Waals surface area (Å²) in [7, 11) is 3.29. The molecule has 0 unspecified atom stereocenters. The number of piperazine rings is 1. The van der Waals surface area contributed by atoms with Gasteiger partial charge in [0.05, 0.1) is 26.5 Å². The molecule has 1 saturated heterocycles. The molecule has 0 spiro atoms. The lowest BCUT2D eigenvalue weighted by atomic mass is 10.0. The summed E-state index contributed by atoms with van der Waals surface area (Å²) in [6.45, 7) is 4.01. The number of benzene rings is 2. The molecule has 1 atom stereocenters. The van der Waals surface area contributed by atoms with E-state index in [1.807, 2.05) is 35.0 Å². The first kappa shape index (κ1) is 22.0. The van der Waals surface area contributed by atoms with Crippen LogP contribution in [0.2, 0.25) is 0 Å². The van der Waals surface area contributed by atoms with Crippen LogP contribution in [0.4, 0.5) is 5.69 Å². The fourth-order valence-corrected chi connectivity index (χ4v) is 4.49. The molecule has 1 aliphatic heterocycles. The molecule has 0 saturated carbocycles. The number of para-hydroxylation sites is 1. The van der Waals surface area contributed by atoms with Crippen LogP contribution < -0.4 is 14.4 Å². The van der Waals surface area contributed by atoms with E-state index in [0.717, 1.165) is 43.3 Å². The highest BCUT2D eigenvalue weighted by Crippen LogP contribution is 2.35. The fourth-order valence-electron chi connectivity index (χ4n) is 4.49. The van der Waals surface area contributed by atoms with Gasteiger partial charge in [0.15, 0.2) is 17.3 Å². The van der Waals surface area contributed by atoms with Crippen LogP contribution in [-0.4, -0.2) is 65.5 Å². The number of nitrogens with zero attached hydrogens (tertiary/aromatic N) is 6. The lowest BCUT2D eigenvalue weighted by Gasteiger charge is -2.40. The monoisotopic (exact) mass is 460 g/mol. The van der Waals surface area contributed by atoms with Crippen molar-refractivity contribution in [3.8, 4) is 11.5 Å². The molecular formula is C25H28N6O3. The molecular weight excluding hydrogens is 432 g/mol. The topological polar surface area (TPSA) is 81.7 Å². The number of methoxy groups -OCH3 is 2. The Morgan fingerprint density at radius 2 is 1.71 bits per heavy atom. The molecule has 0 bridgehead atoms. The Kier molecular flexibility index (Phi) is 6.44. The highest BCUT2D eigenvalue weighted by molar-refractivity contribution is 5.47. The molecule has 0 aliphatic carbocycles. The zero-order valence-corrected chi connectivity index (χ0v) is 19.4. The number of aromatic nitrogens is 4. The predicted octanol–water partition coefficient (Wildman–Crippen LogP) is 3.24. The minimum Gasteiger partial charge on any atom is -0.493 e. The smallest absolute Gasteiger partial charge is 0.173 e. The van der Waals surface area contributed by atoms with E-state index >= 15 is 0 Å². The summed E-state index contributed by atoms with van der Waals surface area (Å²) in [5.74, 6) is 2.93. The van der Waals surface area contributed by atoms with Crippen molar-refractivity contribution in [2.75, 3.05) is 45.3 Å². The van der Waals surface area contributed by atoms with Crippen molar-refractivity contribution < 1.29 is 13.9 Å². The van der Waals surface area contributed by atoms with E-state index in [4.69, 9.17) is 13.9 Å². The molecule has 1 aliphatic rings. The van der Waals surface area contributed by atoms with Gasteiger partial charge in [-0.05, 0) is 52.4 Å². The van der Waals surface area contributed by atoms with Crippen molar-refractivity contribution in [2.45, 2.75) is 12.6 Å². The number of furan rings is 1. The Bertz CT molecular complexity index is 1190. The van der Waals surface area contributed by atoms with Gasteiger partial charge in [-0.1, -0.05) is 24.3 Å². The summed E-state index contributed by atoms with van der Waals surface area (Å²) in [6.07, 6.45) is 1.66. The van der Waals surface area contributed by atoms with Gasteiger partial charge in [-0.3, -0.25) is 4.90 Å². The van der Waals surface area contributed by atoms with Gasteiger partial charge in [-0.25, -0.2) is 4.68 Å². The van der Waals surface area contributed by atoms with Crippen molar-refractivity contribution in [3.05, 3.63) is 84.1 Å². The maximum Gasteiger partial charge on any atom is 0.173 e. The molecule has 5 rings (SSSR count). The predicted molar refractivity (Wildman–Crippen MR) is 127 cm³/mol. The zero-order valence-electron chi connectivity index (χ0n) is 19.4. The van der Waals surface area contributed by atoms with Gasteiger partial charge in [-0.15, -0.1) is 5.10 Å². The third kappa shape index (κ3) is 4.47. The lowest BCUT2D eigenvalue weighted by Crippen LogP contribution is -2.48. The summed E-state index contributed by atoms with van der Waals surface area (Å²) >= 11 is 0. The first-order valence-electron chi connectivity index (χ1n) is 11.3. The lowest BCUT2D eigenvalue weighted by molar-refractivity contribution is 0.200. The van der Waals surface area contributed by atoms with E-state index in [0.29, 0.717) is 18.0 Å². The molecule has 0 radical (unpaired) electrons. The minimum atomic E-state index is -0.150. The average Bonchev–Trinajstić information content (AvgIpc) is 3.58. The van der Waals surface area contributed by atoms with Gasteiger partial charge in [0, 0.05) is 31.9 Å². The minimum absolute atomic E-state index is 0.150. The third-order valence-corrected chi connectivity index (χ3v) is 6.21. The van der Waals surface area contributed by atoms with E-state index in [2.05, 4.69) is 55.7 Å². The highest BCUT2D eigenvalue weighted by atomic mass is 16.5. The zero-order chi connectivity index (χ0) is 23.3. The van der Waals surface area contributed by atoms with Crippen LogP contribution in [0.5, 0.6) is 11.5 Å². The van der Waals surface area contributed by atoms with Crippen LogP contribution in [0.1, 0.15) is 23.2 Å². The molecule has 2 aromatic carbocycles. The summed E-state index contributed by atoms with van der Waals surface area (Å²) in [5.41, 5.74) is 2.29. The second-order valence-electron chi connectivity index (χ2n) is 8.15. The molecule has 2 aromatic heterocycles. The van der Waals surface area contributed by atoms with Crippen LogP contribution in [0, 0.1) is 0 Å². The standard InChI is InChI=1S/C25H28N6O3/c1-32-22-11-10-19(17-23(22)33-2)24(25-26-27-28-31(25)18-21-9-6-16-34-21)30-14-12-29(13-15-30)20-7-4-3-5-8-20/h3-11,16-17,24H,12-15,18H2,1-2H3/t24-/m1/s1. The molecule has 176 valence electrons. The maximum absolute atomic E-state index is 5.60. The van der Waals surface area contributed by atoms with Crippen molar-refractivity contribution in [2.24, 2.45) is 0 Å². The van der Waals surface area contributed by atoms with E-state index in [1.165, 1.54) is 5.69 Å². The number of hydrogen-bond acceptors (Lipinski definition) is 8. The largest absolute Gasteiger partial charge is 0.493 e. The fraction of sp³-hybridized carbons (Fsp3) is 0.320. The molecule has 34 heavy (non-hydrogen) atoms. The molecule has 3 heterocycles. The number of hydrogen-bond donors (Lipinski definition) is 0. The van der Waals surface area contributed by atoms with E-state index in [-0.39, 0.29) is 6.04 Å². The van der Waals surface area contributed by atoms with Gasteiger partial charge >= 0.3 is 0 Å². The Morgan fingerprint density at radius 1 is 0.912 bits per heavy atom. The summed E-state index contributed by atoms with van der Waals surface area (Å²) in [5, 5.41) is 12.7. The average molecular weight is 461 g/mol. The number of tetrazole rings is 1. The Morgan fingerprint density at radius 3 is 2.41 bits per heavy atom. The number of rotatable bonds is 8. The number of ether oxygens (including phenoxy) is 2. The maximum atomic E-state index is 5.60. The first-order valence-corrected chi connectivity index (χ1v) is 11.3. The van der Waals surface area contributed by atoms with Crippen LogP contribution in [0.15, 0.2) is 71.3 Å². The Hall–Kier alpha value is -3.85. The Labute approximate surface area is 198 Å². The third-order valence-electron chi connectivity index (χ3n) is 6.21. The SMILES string of the molecule is COc1ccc([C@H](c2nnnn2Cc2ccco2)N2CCN(c3ccccc3)CC2)cc1OC. The van der Waals surface area contributed by atoms with E-state index < -0.39 is 0 Å². The van der Waals surface area contributed by atoms with Crippen molar-refractivity contribution in [1.29, 1.82) is 0 Å². The van der Waals surface area contributed by atoms with Gasteiger partial charge in [0.1, 0.15) is 12.3 Å². The van der Waals surface area contributed by atoms with E-state index in [9.17, 15) is 0 Å². The van der Waals surface area contributed by atoms with Crippen LogP contribution in [0.3, 0.4) is 0 Å². The van der Waals surface area contributed by atoms with Crippen molar-refractivity contribution in [3.63, 3.8) is 0 Å². The van der Waals surface area contributed by atoms with Crippen LogP contribution in [-0.2, 0) is 6.54 Å². The van der Waals surface area contributed by atoms with Crippen molar-refractivity contribution in [1.82, 2.24) is 25.1 Å². The second kappa shape index (κ2) is 9.96. The Balaban J connectivity index is 1.47. The van der Waals surface area contributed by atoms with Gasteiger partial charge in [0.25, 0.3) is 0 Å². The van der Waals surface area contributed by atoms with Crippen LogP contribution >= 0.6 is 0 Å². The second-order valence-corrected chi connectivity index (χ2v) is 8.15. The van der Waals surface area contributed by atoms with Crippen molar-refractivity contribution >= 4 is 5.69 Å². The van der Waals surface area contributed by atoms with Gasteiger partial charge in [-0.2, -0.15) is 0 Å². The highest BCUT2D eigenvalue weighted by Gasteiger charge is 2.31. The van der Waals surface area contributed by atoms with Gasteiger partial charge in [0.2, 0.25) is 0 Å². The molecule has 9 heteroatoms. The normalized spacial score (nSPS) is 15.3. The summed E-state index contributed by atoms with van der Waals surface area (Å²) < 4.78 is 18.4. The molecule has 9 nitrogen and oxygen atoms in total. The molecule has 4 aromatic rings. The van der Waals surface area contributed by atoms with Gasteiger partial charge < -0.3 is 18.8 Å². The molecule has 1 fully saturated rings. The quantitative estimate of drug-likeness (QED) is 0.396. The molecule has 0 amide bonds. The first-order chi connectivity index (χ1) is 16.8. The summed E-state index contributed by atoms with van der Waals surface area (Å²) in [6, 6.07) is 20.2. The van der Waals surface area contributed by atoms with E-state index in [1.54, 1.807) is 20.5 Å². The number of anilines is 1. The molecule has 0 N–H and O–H groups in total. The summed E-state index contributed by atoms with van der Waals surface area (Å²) in [4.78, 5) is 4.83. The van der Waals surface area contributed by atoms with Crippen LogP contribution in [0.25, 0.3) is 0 Å².